The van der Waals surface area contributed by atoms with Gasteiger partial charge in [0.2, 0.25) is 0 Å². The lowest BCUT2D eigenvalue weighted by Gasteiger charge is -2.10. The third kappa shape index (κ3) is 2.54. The van der Waals surface area contributed by atoms with Crippen molar-refractivity contribution in [2.45, 2.75) is 26.7 Å². The second-order valence-corrected chi connectivity index (χ2v) is 4.10. The second-order valence-electron chi connectivity index (χ2n) is 4.10. The zero-order valence-corrected chi connectivity index (χ0v) is 10.3. The van der Waals surface area contributed by atoms with Gasteiger partial charge in [0.05, 0.1) is 5.52 Å². The Balaban J connectivity index is 2.55. The Bertz CT molecular complexity index is 523. The van der Waals surface area contributed by atoms with E-state index < -0.39 is 0 Å². The van der Waals surface area contributed by atoms with Gasteiger partial charge in [-0.3, -0.25) is 4.98 Å². The zero-order chi connectivity index (χ0) is 12.3. The van der Waals surface area contributed by atoms with Gasteiger partial charge in [-0.05, 0) is 37.1 Å². The van der Waals surface area contributed by atoms with Crippen molar-refractivity contribution in [3.8, 4) is 0 Å². The highest BCUT2D eigenvalue weighted by Gasteiger charge is 2.05. The number of benzene rings is 1. The molecule has 0 fully saturated rings. The van der Waals surface area contributed by atoms with Gasteiger partial charge >= 0.3 is 0 Å². The van der Waals surface area contributed by atoms with E-state index >= 15 is 0 Å². The van der Waals surface area contributed by atoms with E-state index in [9.17, 15) is 4.39 Å². The SMILES string of the molecule is CCCNc1cc(CC)nc2ccc(F)cc12. The molecule has 2 rings (SSSR count). The average Bonchev–Trinajstić information content (AvgIpc) is 2.35. The predicted octanol–water partition coefficient (Wildman–Crippen LogP) is 3.76. The molecule has 1 aromatic carbocycles. The quantitative estimate of drug-likeness (QED) is 0.868. The Hall–Kier alpha value is -1.64. The highest BCUT2D eigenvalue weighted by molar-refractivity contribution is 5.91. The molecule has 1 aromatic heterocycles. The maximum atomic E-state index is 13.3. The number of nitrogens with one attached hydrogen (secondary N) is 1. The number of hydrogen-bond donors (Lipinski definition) is 1. The number of pyridine rings is 1. The van der Waals surface area contributed by atoms with Crippen LogP contribution in [0.1, 0.15) is 26.0 Å². The van der Waals surface area contributed by atoms with Gasteiger partial charge in [0.1, 0.15) is 5.82 Å². The van der Waals surface area contributed by atoms with Crippen LogP contribution in [0.2, 0.25) is 0 Å². The van der Waals surface area contributed by atoms with Crippen molar-refractivity contribution in [3.05, 3.63) is 35.8 Å². The fourth-order valence-electron chi connectivity index (χ4n) is 1.84. The summed E-state index contributed by atoms with van der Waals surface area (Å²) in [5, 5.41) is 4.19. The smallest absolute Gasteiger partial charge is 0.124 e. The third-order valence-corrected chi connectivity index (χ3v) is 2.75. The largest absolute Gasteiger partial charge is 0.384 e. The van der Waals surface area contributed by atoms with Gasteiger partial charge in [0.25, 0.3) is 0 Å². The molecule has 2 nitrogen and oxygen atoms in total. The number of halogens is 1. The lowest BCUT2D eigenvalue weighted by molar-refractivity contribution is 0.629. The zero-order valence-electron chi connectivity index (χ0n) is 10.3. The highest BCUT2D eigenvalue weighted by Crippen LogP contribution is 2.24. The molecule has 0 atom stereocenters. The summed E-state index contributed by atoms with van der Waals surface area (Å²) in [7, 11) is 0. The van der Waals surface area contributed by atoms with Gasteiger partial charge in [-0.15, -0.1) is 0 Å². The minimum atomic E-state index is -0.219. The fraction of sp³-hybridized carbons (Fsp3) is 0.357. The number of nitrogens with zero attached hydrogens (tertiary/aromatic N) is 1. The maximum Gasteiger partial charge on any atom is 0.124 e. The van der Waals surface area contributed by atoms with Gasteiger partial charge < -0.3 is 5.32 Å². The van der Waals surface area contributed by atoms with E-state index in [-0.39, 0.29) is 5.82 Å². The Morgan fingerprint density at radius 2 is 2.06 bits per heavy atom. The predicted molar refractivity (Wildman–Crippen MR) is 69.9 cm³/mol. The summed E-state index contributed by atoms with van der Waals surface area (Å²) in [6.07, 6.45) is 1.93. The Labute approximate surface area is 101 Å². The van der Waals surface area contributed by atoms with Crippen LogP contribution >= 0.6 is 0 Å². The molecule has 0 amide bonds. The topological polar surface area (TPSA) is 24.9 Å². The third-order valence-electron chi connectivity index (χ3n) is 2.75. The van der Waals surface area contributed by atoms with E-state index in [1.165, 1.54) is 6.07 Å². The molecule has 0 spiro atoms. The van der Waals surface area contributed by atoms with Crippen molar-refractivity contribution >= 4 is 16.6 Å². The molecule has 2 aromatic rings. The van der Waals surface area contributed by atoms with E-state index in [2.05, 4.69) is 24.1 Å². The summed E-state index contributed by atoms with van der Waals surface area (Å²) < 4.78 is 13.3. The Morgan fingerprint density at radius 1 is 1.24 bits per heavy atom. The first-order valence-electron chi connectivity index (χ1n) is 6.07. The van der Waals surface area contributed by atoms with Crippen molar-refractivity contribution < 1.29 is 4.39 Å². The van der Waals surface area contributed by atoms with Crippen LogP contribution in [0.3, 0.4) is 0 Å². The van der Waals surface area contributed by atoms with Crippen molar-refractivity contribution in [1.82, 2.24) is 4.98 Å². The molecule has 0 aliphatic rings. The molecule has 0 saturated carbocycles. The van der Waals surface area contributed by atoms with Gasteiger partial charge in [-0.2, -0.15) is 0 Å². The van der Waals surface area contributed by atoms with Gasteiger partial charge in [0, 0.05) is 23.3 Å². The summed E-state index contributed by atoms with van der Waals surface area (Å²) in [5.41, 5.74) is 2.86. The molecule has 0 bridgehead atoms. The minimum absolute atomic E-state index is 0.219. The van der Waals surface area contributed by atoms with Crippen LogP contribution in [0, 0.1) is 5.82 Å². The number of aryl methyl sites for hydroxylation is 1. The van der Waals surface area contributed by atoms with Crippen molar-refractivity contribution in [3.63, 3.8) is 0 Å². The summed E-state index contributed by atoms with van der Waals surface area (Å²) in [6.45, 7) is 5.07. The first kappa shape index (κ1) is 11.8. The van der Waals surface area contributed by atoms with Crippen LogP contribution in [0.25, 0.3) is 10.9 Å². The second kappa shape index (κ2) is 5.13. The van der Waals surface area contributed by atoms with Gasteiger partial charge in [-0.25, -0.2) is 4.39 Å². The van der Waals surface area contributed by atoms with E-state index in [1.807, 2.05) is 6.07 Å². The number of hydrogen-bond acceptors (Lipinski definition) is 2. The van der Waals surface area contributed by atoms with Gasteiger partial charge in [-0.1, -0.05) is 13.8 Å². The molecule has 3 heteroatoms. The number of aromatic nitrogens is 1. The van der Waals surface area contributed by atoms with Gasteiger partial charge in [0.15, 0.2) is 0 Å². The molecule has 0 unspecified atom stereocenters. The standard InChI is InChI=1S/C14H17FN2/c1-3-7-16-14-9-11(4-2)17-13-6-5-10(15)8-12(13)14/h5-6,8-9H,3-4,7H2,1-2H3,(H,16,17). The lowest BCUT2D eigenvalue weighted by Crippen LogP contribution is -2.02. The number of anilines is 1. The summed E-state index contributed by atoms with van der Waals surface area (Å²) in [5.74, 6) is -0.219. The Kier molecular flexibility index (Phi) is 3.57. The number of rotatable bonds is 4. The van der Waals surface area contributed by atoms with Crippen molar-refractivity contribution in [2.24, 2.45) is 0 Å². The molecule has 0 aliphatic heterocycles. The molecule has 0 saturated heterocycles. The molecule has 17 heavy (non-hydrogen) atoms. The van der Waals surface area contributed by atoms with Crippen molar-refractivity contribution in [1.29, 1.82) is 0 Å². The maximum absolute atomic E-state index is 13.3. The molecule has 1 N–H and O–H groups in total. The van der Waals surface area contributed by atoms with Crippen LogP contribution in [0.15, 0.2) is 24.3 Å². The number of fused-ring (bicyclic) bond motifs is 1. The van der Waals surface area contributed by atoms with E-state index in [1.54, 1.807) is 12.1 Å². The molecular weight excluding hydrogens is 215 g/mol. The monoisotopic (exact) mass is 232 g/mol. The van der Waals surface area contributed by atoms with E-state index in [4.69, 9.17) is 0 Å². The average molecular weight is 232 g/mol. The normalized spacial score (nSPS) is 10.8. The van der Waals surface area contributed by atoms with Crippen LogP contribution < -0.4 is 5.32 Å². The molecular formula is C14H17FN2. The molecule has 90 valence electrons. The van der Waals surface area contributed by atoms with Crippen molar-refractivity contribution in [2.75, 3.05) is 11.9 Å². The van der Waals surface area contributed by atoms with Crippen LogP contribution in [-0.4, -0.2) is 11.5 Å². The summed E-state index contributed by atoms with van der Waals surface area (Å²) in [6, 6.07) is 6.75. The minimum Gasteiger partial charge on any atom is -0.384 e. The molecule has 1 heterocycles. The van der Waals surface area contributed by atoms with E-state index in [0.29, 0.717) is 0 Å². The Morgan fingerprint density at radius 3 is 2.76 bits per heavy atom. The molecule has 0 aliphatic carbocycles. The highest BCUT2D eigenvalue weighted by atomic mass is 19.1. The summed E-state index contributed by atoms with van der Waals surface area (Å²) in [4.78, 5) is 4.50. The van der Waals surface area contributed by atoms with Crippen LogP contribution in [0.4, 0.5) is 10.1 Å². The first-order valence-corrected chi connectivity index (χ1v) is 6.07. The van der Waals surface area contributed by atoms with Crippen LogP contribution in [-0.2, 0) is 6.42 Å². The first-order chi connectivity index (χ1) is 8.24. The fourth-order valence-corrected chi connectivity index (χ4v) is 1.84. The molecule has 0 radical (unpaired) electrons. The summed E-state index contributed by atoms with van der Waals surface area (Å²) >= 11 is 0. The van der Waals surface area contributed by atoms with E-state index in [0.717, 1.165) is 41.7 Å². The van der Waals surface area contributed by atoms with Crippen LogP contribution in [0.5, 0.6) is 0 Å². The lowest BCUT2D eigenvalue weighted by atomic mass is 10.1.